The largest absolute Gasteiger partial charge is 0.478 e. The number of carbonyl (C=O) groups is 2. The number of anilines is 1. The van der Waals surface area contributed by atoms with Crippen molar-refractivity contribution in [1.82, 2.24) is 9.78 Å². The summed E-state index contributed by atoms with van der Waals surface area (Å²) in [5, 5.41) is 14.9. The summed E-state index contributed by atoms with van der Waals surface area (Å²) < 4.78 is 1.84. The summed E-state index contributed by atoms with van der Waals surface area (Å²) in [6.07, 6.45) is 5.60. The van der Waals surface area contributed by atoms with E-state index in [1.165, 1.54) is 18.6 Å². The molecule has 26 heavy (non-hydrogen) atoms. The first-order valence-corrected chi connectivity index (χ1v) is 9.02. The number of aromatic nitrogens is 2. The van der Waals surface area contributed by atoms with Crippen LogP contribution < -0.4 is 10.9 Å². The molecule has 7 heteroatoms. The lowest BCUT2D eigenvalue weighted by Crippen LogP contribution is -2.27. The Balaban J connectivity index is 1.75. The number of benzene rings is 1. The lowest BCUT2D eigenvalue weighted by Gasteiger charge is -2.28. The van der Waals surface area contributed by atoms with Crippen molar-refractivity contribution in [3.8, 4) is 0 Å². The van der Waals surface area contributed by atoms with Crippen LogP contribution in [-0.4, -0.2) is 26.8 Å². The van der Waals surface area contributed by atoms with Gasteiger partial charge in [0.1, 0.15) is 5.82 Å². The van der Waals surface area contributed by atoms with Gasteiger partial charge in [0.2, 0.25) is 5.91 Å². The number of fused-ring (bicyclic) bond motifs is 1. The van der Waals surface area contributed by atoms with Gasteiger partial charge in [0.25, 0.3) is 5.56 Å². The van der Waals surface area contributed by atoms with Crippen molar-refractivity contribution < 1.29 is 14.7 Å². The molecule has 7 nitrogen and oxygen atoms in total. The highest BCUT2D eigenvalue weighted by atomic mass is 16.4. The topological polar surface area (TPSA) is 104 Å². The van der Waals surface area contributed by atoms with Crippen molar-refractivity contribution in [2.24, 2.45) is 0 Å². The van der Waals surface area contributed by atoms with E-state index in [0.717, 1.165) is 31.2 Å². The molecule has 0 radical (unpaired) electrons. The van der Waals surface area contributed by atoms with E-state index in [4.69, 9.17) is 5.11 Å². The van der Waals surface area contributed by atoms with Crippen LogP contribution in [0.15, 0.2) is 29.1 Å². The Kier molecular flexibility index (Phi) is 4.14. The first kappa shape index (κ1) is 16.6. The van der Waals surface area contributed by atoms with E-state index in [2.05, 4.69) is 10.4 Å². The van der Waals surface area contributed by atoms with Crippen LogP contribution in [0.5, 0.6) is 0 Å². The van der Waals surface area contributed by atoms with Gasteiger partial charge < -0.3 is 10.4 Å². The van der Waals surface area contributed by atoms with Crippen molar-refractivity contribution >= 4 is 17.7 Å². The van der Waals surface area contributed by atoms with E-state index in [9.17, 15) is 14.4 Å². The number of carbonyl (C=O) groups excluding carboxylic acids is 1. The van der Waals surface area contributed by atoms with Crippen LogP contribution in [0.2, 0.25) is 0 Å². The van der Waals surface area contributed by atoms with E-state index in [1.807, 2.05) is 4.68 Å². The number of rotatable bonds is 3. The molecule has 3 N–H and O–H groups in total. The molecular formula is C19H21N3O4. The lowest BCUT2D eigenvalue weighted by atomic mass is 9.86. The smallest absolute Gasteiger partial charge is 0.335 e. The van der Waals surface area contributed by atoms with Gasteiger partial charge >= 0.3 is 5.97 Å². The van der Waals surface area contributed by atoms with E-state index >= 15 is 0 Å². The minimum Gasteiger partial charge on any atom is -0.478 e. The summed E-state index contributed by atoms with van der Waals surface area (Å²) in [5.41, 5.74) is 1.34. The molecule has 0 bridgehead atoms. The van der Waals surface area contributed by atoms with E-state index in [-0.39, 0.29) is 35.4 Å². The maximum Gasteiger partial charge on any atom is 0.335 e. The molecule has 1 aliphatic heterocycles. The SMILES string of the molecule is O=C1C[C@H](c2ccc(C(=O)O)cc2)c2c(n(C3CCCCC3)[nH]c2=O)N1. The predicted molar refractivity (Wildman–Crippen MR) is 95.7 cm³/mol. The van der Waals surface area contributed by atoms with Gasteiger partial charge in [0.05, 0.1) is 17.2 Å². The molecule has 1 aliphatic carbocycles. The number of hydrogen-bond acceptors (Lipinski definition) is 3. The number of carboxylic acids is 1. The summed E-state index contributed by atoms with van der Waals surface area (Å²) in [6.45, 7) is 0. The number of H-pyrrole nitrogens is 1. The zero-order chi connectivity index (χ0) is 18.3. The Bertz CT molecular complexity index is 904. The van der Waals surface area contributed by atoms with Gasteiger partial charge in [-0.2, -0.15) is 0 Å². The third-order valence-corrected chi connectivity index (χ3v) is 5.46. The van der Waals surface area contributed by atoms with Gasteiger partial charge in [0.15, 0.2) is 0 Å². The number of amides is 1. The molecule has 1 fully saturated rings. The molecule has 2 aromatic rings. The van der Waals surface area contributed by atoms with Crippen molar-refractivity contribution in [3.05, 3.63) is 51.3 Å². The maximum atomic E-state index is 12.7. The molecule has 1 aromatic carbocycles. The van der Waals surface area contributed by atoms with Gasteiger partial charge in [-0.3, -0.25) is 19.4 Å². The van der Waals surface area contributed by atoms with Crippen molar-refractivity contribution in [2.45, 2.75) is 50.5 Å². The zero-order valence-electron chi connectivity index (χ0n) is 14.3. The van der Waals surface area contributed by atoms with Gasteiger partial charge in [-0.05, 0) is 30.5 Å². The average molecular weight is 355 g/mol. The minimum absolute atomic E-state index is 0.131. The fourth-order valence-corrected chi connectivity index (χ4v) is 4.14. The number of hydrogen-bond donors (Lipinski definition) is 3. The summed E-state index contributed by atoms with van der Waals surface area (Å²) >= 11 is 0. The highest BCUT2D eigenvalue weighted by Gasteiger charge is 2.34. The first-order valence-electron chi connectivity index (χ1n) is 9.02. The lowest BCUT2D eigenvalue weighted by molar-refractivity contribution is -0.116. The van der Waals surface area contributed by atoms with Gasteiger partial charge in [-0.1, -0.05) is 31.4 Å². The third kappa shape index (κ3) is 2.83. The molecule has 2 aliphatic rings. The number of aromatic amines is 1. The van der Waals surface area contributed by atoms with Crippen LogP contribution >= 0.6 is 0 Å². The first-order chi connectivity index (χ1) is 12.5. The van der Waals surface area contributed by atoms with Crippen LogP contribution in [0.4, 0.5) is 5.82 Å². The zero-order valence-corrected chi connectivity index (χ0v) is 14.3. The molecule has 0 unspecified atom stereocenters. The van der Waals surface area contributed by atoms with Crippen molar-refractivity contribution in [1.29, 1.82) is 0 Å². The summed E-state index contributed by atoms with van der Waals surface area (Å²) in [6, 6.07) is 6.60. The Morgan fingerprint density at radius 2 is 1.77 bits per heavy atom. The fourth-order valence-electron chi connectivity index (χ4n) is 4.14. The molecule has 0 saturated heterocycles. The normalized spacial score (nSPS) is 20.5. The highest BCUT2D eigenvalue weighted by molar-refractivity contribution is 5.94. The minimum atomic E-state index is -1.00. The molecule has 2 heterocycles. The second-order valence-corrected chi connectivity index (χ2v) is 7.10. The fraction of sp³-hybridized carbons (Fsp3) is 0.421. The molecule has 1 atom stereocenters. The molecular weight excluding hydrogens is 334 g/mol. The number of nitrogens with one attached hydrogen (secondary N) is 2. The van der Waals surface area contributed by atoms with E-state index in [1.54, 1.807) is 12.1 Å². The molecule has 0 spiro atoms. The third-order valence-electron chi connectivity index (χ3n) is 5.46. The maximum absolute atomic E-state index is 12.7. The number of aromatic carboxylic acids is 1. The van der Waals surface area contributed by atoms with E-state index in [0.29, 0.717) is 11.4 Å². The molecule has 4 rings (SSSR count). The van der Waals surface area contributed by atoms with Crippen molar-refractivity contribution in [2.75, 3.05) is 5.32 Å². The molecule has 1 aromatic heterocycles. The van der Waals surface area contributed by atoms with E-state index < -0.39 is 5.97 Å². The van der Waals surface area contributed by atoms with Crippen LogP contribution in [-0.2, 0) is 4.79 Å². The Hall–Kier alpha value is -2.83. The van der Waals surface area contributed by atoms with Crippen molar-refractivity contribution in [3.63, 3.8) is 0 Å². The van der Waals surface area contributed by atoms with Gasteiger partial charge in [0, 0.05) is 12.3 Å². The van der Waals surface area contributed by atoms with Crippen LogP contribution in [0.3, 0.4) is 0 Å². The highest BCUT2D eigenvalue weighted by Crippen LogP contribution is 2.38. The Labute approximate surface area is 150 Å². The van der Waals surface area contributed by atoms with Gasteiger partial charge in [-0.25, -0.2) is 4.79 Å². The van der Waals surface area contributed by atoms with Gasteiger partial charge in [-0.15, -0.1) is 0 Å². The Morgan fingerprint density at radius 1 is 1.08 bits per heavy atom. The number of nitrogens with zero attached hydrogens (tertiary/aromatic N) is 1. The second kappa shape index (κ2) is 6.48. The van der Waals surface area contributed by atoms with Crippen LogP contribution in [0.1, 0.15) is 72.0 Å². The summed E-state index contributed by atoms with van der Waals surface area (Å²) in [5.74, 6) is -0.922. The molecule has 1 saturated carbocycles. The quantitative estimate of drug-likeness (QED) is 0.787. The van der Waals surface area contributed by atoms with Crippen LogP contribution in [0, 0.1) is 0 Å². The second-order valence-electron chi connectivity index (χ2n) is 7.10. The Morgan fingerprint density at radius 3 is 2.42 bits per heavy atom. The summed E-state index contributed by atoms with van der Waals surface area (Å²) in [7, 11) is 0. The summed E-state index contributed by atoms with van der Waals surface area (Å²) in [4.78, 5) is 36.0. The average Bonchev–Trinajstić information content (AvgIpc) is 2.98. The predicted octanol–water partition coefficient (Wildman–Crippen LogP) is 2.85. The molecule has 136 valence electrons. The monoisotopic (exact) mass is 355 g/mol. The van der Waals surface area contributed by atoms with Crippen LogP contribution in [0.25, 0.3) is 0 Å². The molecule has 1 amide bonds. The standard InChI is InChI=1S/C19H21N3O4/c23-15-10-14(11-6-8-12(9-7-11)19(25)26)16-17(20-15)22(21-18(16)24)13-4-2-1-3-5-13/h6-9,13-14H,1-5,10H2,(H,20,23)(H,21,24)(H,25,26)/t14-/m1/s1. The number of carboxylic acid groups (broad SMARTS) is 1.